The number of rotatable bonds is 5. The first-order valence-corrected chi connectivity index (χ1v) is 7.81. The van der Waals surface area contributed by atoms with E-state index in [9.17, 15) is 14.9 Å². The van der Waals surface area contributed by atoms with E-state index < -0.39 is 4.92 Å². The number of piperazine rings is 1. The molecule has 0 unspecified atom stereocenters. The summed E-state index contributed by atoms with van der Waals surface area (Å²) in [6, 6.07) is 7.76. The third kappa shape index (κ3) is 4.00. The van der Waals surface area contributed by atoms with Gasteiger partial charge in [-0.15, -0.1) is 0 Å². The molecule has 0 radical (unpaired) electrons. The number of carbonyl (C=O) groups excluding carboxylic acids is 1. The van der Waals surface area contributed by atoms with Crippen LogP contribution in [0, 0.1) is 10.1 Å². The molecule has 3 rings (SSSR count). The molecule has 1 aromatic heterocycles. The van der Waals surface area contributed by atoms with Gasteiger partial charge in [0.2, 0.25) is 5.95 Å². The number of amides is 1. The molecule has 2 aromatic rings. The van der Waals surface area contributed by atoms with Crippen molar-refractivity contribution in [3.63, 3.8) is 0 Å². The molecule has 0 spiro atoms. The molecule has 1 saturated heterocycles. The fourth-order valence-corrected chi connectivity index (χ4v) is 2.57. The number of aromatic nitrogens is 2. The van der Waals surface area contributed by atoms with Crippen LogP contribution in [0.1, 0.15) is 0 Å². The molecule has 1 aliphatic heterocycles. The van der Waals surface area contributed by atoms with Crippen molar-refractivity contribution < 1.29 is 14.5 Å². The lowest BCUT2D eigenvalue weighted by atomic mass is 10.3. The zero-order valence-electron chi connectivity index (χ0n) is 13.4. The maximum absolute atomic E-state index is 12.3. The molecule has 0 aliphatic carbocycles. The highest BCUT2D eigenvalue weighted by Gasteiger charge is 2.23. The third-order valence-corrected chi connectivity index (χ3v) is 3.88. The van der Waals surface area contributed by atoms with E-state index in [1.165, 1.54) is 12.1 Å². The largest absolute Gasteiger partial charge is 0.477 e. The topological polar surface area (TPSA) is 102 Å². The maximum Gasteiger partial charge on any atom is 0.310 e. The molecule has 25 heavy (non-hydrogen) atoms. The number of anilines is 1. The Hall–Kier alpha value is -3.23. The number of hydrogen-bond donors (Lipinski definition) is 0. The highest BCUT2D eigenvalue weighted by Crippen LogP contribution is 2.25. The summed E-state index contributed by atoms with van der Waals surface area (Å²) < 4.78 is 5.35. The predicted molar refractivity (Wildman–Crippen MR) is 89.4 cm³/mol. The van der Waals surface area contributed by atoms with Crippen LogP contribution >= 0.6 is 0 Å². The second-order valence-corrected chi connectivity index (χ2v) is 5.43. The third-order valence-electron chi connectivity index (χ3n) is 3.88. The van der Waals surface area contributed by atoms with Crippen LogP contribution in [-0.2, 0) is 4.79 Å². The van der Waals surface area contributed by atoms with E-state index in [-0.39, 0.29) is 24.0 Å². The molecule has 0 N–H and O–H groups in total. The highest BCUT2D eigenvalue weighted by molar-refractivity contribution is 5.78. The molecule has 0 saturated carbocycles. The van der Waals surface area contributed by atoms with Gasteiger partial charge in [-0.3, -0.25) is 14.9 Å². The van der Waals surface area contributed by atoms with E-state index in [0.717, 1.165) is 0 Å². The van der Waals surface area contributed by atoms with E-state index in [2.05, 4.69) is 9.97 Å². The number of nitrogens with zero attached hydrogens (tertiary/aromatic N) is 5. The van der Waals surface area contributed by atoms with Crippen molar-refractivity contribution in [1.82, 2.24) is 14.9 Å². The van der Waals surface area contributed by atoms with Gasteiger partial charge in [0.25, 0.3) is 5.91 Å². The Morgan fingerprint density at radius 2 is 1.80 bits per heavy atom. The normalized spacial score (nSPS) is 14.2. The summed E-state index contributed by atoms with van der Waals surface area (Å²) in [5.41, 5.74) is -0.152. The standard InChI is InChI=1S/C16H17N5O4/c22-15(12-25-14-5-2-1-4-13(14)21(23)24)19-8-10-20(11-9-19)16-17-6-3-7-18-16/h1-7H,8-12H2. The zero-order valence-corrected chi connectivity index (χ0v) is 13.4. The summed E-state index contributed by atoms with van der Waals surface area (Å²) in [7, 11) is 0. The first kappa shape index (κ1) is 16.6. The summed E-state index contributed by atoms with van der Waals surface area (Å²) in [5.74, 6) is 0.537. The fourth-order valence-electron chi connectivity index (χ4n) is 2.57. The van der Waals surface area contributed by atoms with Crippen LogP contribution in [0.5, 0.6) is 5.75 Å². The molecule has 9 heteroatoms. The highest BCUT2D eigenvalue weighted by atomic mass is 16.6. The number of ether oxygens (including phenoxy) is 1. The Labute approximate surface area is 144 Å². The van der Waals surface area contributed by atoms with Crippen LogP contribution in [0.3, 0.4) is 0 Å². The number of nitro groups is 1. The summed E-state index contributed by atoms with van der Waals surface area (Å²) in [5, 5.41) is 11.0. The average molecular weight is 343 g/mol. The van der Waals surface area contributed by atoms with Gasteiger partial charge >= 0.3 is 5.69 Å². The quantitative estimate of drug-likeness (QED) is 0.592. The fraction of sp³-hybridized carbons (Fsp3) is 0.312. The molecule has 1 amide bonds. The molecular formula is C16H17N5O4. The second kappa shape index (κ2) is 7.56. The van der Waals surface area contributed by atoms with Crippen LogP contribution in [0.15, 0.2) is 42.7 Å². The summed E-state index contributed by atoms with van der Waals surface area (Å²) in [4.78, 5) is 34.8. The summed E-state index contributed by atoms with van der Waals surface area (Å²) >= 11 is 0. The van der Waals surface area contributed by atoms with Crippen molar-refractivity contribution in [3.05, 3.63) is 52.8 Å². The molecule has 2 heterocycles. The Balaban J connectivity index is 1.53. The van der Waals surface area contributed by atoms with E-state index in [1.54, 1.807) is 35.5 Å². The molecule has 130 valence electrons. The Morgan fingerprint density at radius 3 is 2.48 bits per heavy atom. The molecule has 1 aromatic carbocycles. The number of hydrogen-bond acceptors (Lipinski definition) is 7. The van der Waals surface area contributed by atoms with Gasteiger partial charge in [0, 0.05) is 44.6 Å². The van der Waals surface area contributed by atoms with Gasteiger partial charge in [0.05, 0.1) is 4.92 Å². The van der Waals surface area contributed by atoms with Gasteiger partial charge in [-0.25, -0.2) is 9.97 Å². The van der Waals surface area contributed by atoms with E-state index in [4.69, 9.17) is 4.74 Å². The van der Waals surface area contributed by atoms with Gasteiger partial charge in [0.15, 0.2) is 12.4 Å². The van der Waals surface area contributed by atoms with Crippen molar-refractivity contribution in [2.24, 2.45) is 0 Å². The summed E-state index contributed by atoms with van der Waals surface area (Å²) in [6.45, 7) is 2.07. The van der Waals surface area contributed by atoms with Gasteiger partial charge in [-0.05, 0) is 12.1 Å². The SMILES string of the molecule is O=C(COc1ccccc1[N+](=O)[O-])N1CCN(c2ncccn2)CC1. The first-order valence-electron chi connectivity index (χ1n) is 7.81. The number of nitro benzene ring substituents is 1. The Bertz CT molecular complexity index is 747. The van der Waals surface area contributed by atoms with Crippen molar-refractivity contribution in [2.45, 2.75) is 0 Å². The zero-order chi connectivity index (χ0) is 17.6. The lowest BCUT2D eigenvalue weighted by Gasteiger charge is -2.34. The minimum absolute atomic E-state index is 0.0946. The van der Waals surface area contributed by atoms with E-state index in [1.807, 2.05) is 4.90 Å². The number of para-hydroxylation sites is 2. The van der Waals surface area contributed by atoms with Crippen LogP contribution < -0.4 is 9.64 Å². The molecule has 1 aliphatic rings. The predicted octanol–water partition coefficient (Wildman–Crippen LogP) is 1.11. The van der Waals surface area contributed by atoms with E-state index in [0.29, 0.717) is 32.1 Å². The van der Waals surface area contributed by atoms with Crippen LogP contribution in [0.25, 0.3) is 0 Å². The maximum atomic E-state index is 12.3. The second-order valence-electron chi connectivity index (χ2n) is 5.43. The van der Waals surface area contributed by atoms with Crippen molar-refractivity contribution >= 4 is 17.5 Å². The van der Waals surface area contributed by atoms with Crippen LogP contribution in [-0.4, -0.2) is 58.5 Å². The lowest BCUT2D eigenvalue weighted by molar-refractivity contribution is -0.385. The molecule has 1 fully saturated rings. The van der Waals surface area contributed by atoms with Gasteiger partial charge in [-0.1, -0.05) is 12.1 Å². The molecule has 0 atom stereocenters. The smallest absolute Gasteiger partial charge is 0.310 e. The van der Waals surface area contributed by atoms with Gasteiger partial charge in [0.1, 0.15) is 0 Å². The van der Waals surface area contributed by atoms with Gasteiger partial charge < -0.3 is 14.5 Å². The first-order chi connectivity index (χ1) is 12.1. The van der Waals surface area contributed by atoms with Crippen LogP contribution in [0.2, 0.25) is 0 Å². The monoisotopic (exact) mass is 343 g/mol. The van der Waals surface area contributed by atoms with Crippen molar-refractivity contribution in [1.29, 1.82) is 0 Å². The lowest BCUT2D eigenvalue weighted by Crippen LogP contribution is -2.50. The van der Waals surface area contributed by atoms with Crippen molar-refractivity contribution in [3.8, 4) is 5.75 Å². The van der Waals surface area contributed by atoms with Crippen molar-refractivity contribution in [2.75, 3.05) is 37.7 Å². The molecule has 9 nitrogen and oxygen atoms in total. The Morgan fingerprint density at radius 1 is 1.12 bits per heavy atom. The Kier molecular flexibility index (Phi) is 5.03. The van der Waals surface area contributed by atoms with Gasteiger partial charge in [-0.2, -0.15) is 0 Å². The average Bonchev–Trinajstić information content (AvgIpc) is 2.67. The number of benzene rings is 1. The molecule has 0 bridgehead atoms. The molecular weight excluding hydrogens is 326 g/mol. The van der Waals surface area contributed by atoms with Crippen LogP contribution in [0.4, 0.5) is 11.6 Å². The van der Waals surface area contributed by atoms with E-state index >= 15 is 0 Å². The minimum Gasteiger partial charge on any atom is -0.477 e. The summed E-state index contributed by atoms with van der Waals surface area (Å²) in [6.07, 6.45) is 3.36. The number of carbonyl (C=O) groups is 1. The minimum atomic E-state index is -0.529.